The van der Waals surface area contributed by atoms with E-state index < -0.39 is 8.07 Å². The third-order valence-corrected chi connectivity index (χ3v) is 9.64. The van der Waals surface area contributed by atoms with Crippen LogP contribution in [0.15, 0.2) is 11.8 Å². The van der Waals surface area contributed by atoms with Gasteiger partial charge in [0.15, 0.2) is 0 Å². The minimum absolute atomic E-state index is 1.10. The first kappa shape index (κ1) is 16.0. The van der Waals surface area contributed by atoms with Crippen molar-refractivity contribution in [3.8, 4) is 0 Å². The van der Waals surface area contributed by atoms with E-state index in [2.05, 4.69) is 37.4 Å². The molecule has 18 heavy (non-hydrogen) atoms. The fourth-order valence-electron chi connectivity index (χ4n) is 3.54. The Morgan fingerprint density at radius 2 is 1.56 bits per heavy atom. The Morgan fingerprint density at radius 3 is 2.06 bits per heavy atom. The molecule has 1 saturated heterocycles. The molecule has 1 rings (SSSR count). The molecular formula is C16H33NSi. The van der Waals surface area contributed by atoms with Gasteiger partial charge in [0.25, 0.3) is 0 Å². The molecule has 0 amide bonds. The maximum absolute atomic E-state index is 2.72. The van der Waals surface area contributed by atoms with Gasteiger partial charge in [-0.1, -0.05) is 57.0 Å². The molecule has 1 fully saturated rings. The van der Waals surface area contributed by atoms with Crippen molar-refractivity contribution >= 4 is 8.07 Å². The van der Waals surface area contributed by atoms with Gasteiger partial charge in [-0.2, -0.15) is 0 Å². The van der Waals surface area contributed by atoms with Crippen LogP contribution >= 0.6 is 0 Å². The smallest absolute Gasteiger partial charge is 0.0786 e. The summed E-state index contributed by atoms with van der Waals surface area (Å²) >= 11 is 0. The zero-order valence-corrected chi connectivity index (χ0v) is 13.9. The summed E-state index contributed by atoms with van der Waals surface area (Å²) in [6, 6.07) is 4.50. The van der Waals surface area contributed by atoms with Crippen molar-refractivity contribution in [2.24, 2.45) is 0 Å². The lowest BCUT2D eigenvalue weighted by molar-refractivity contribution is 0.239. The maximum Gasteiger partial charge on any atom is 0.0786 e. The van der Waals surface area contributed by atoms with Crippen molar-refractivity contribution in [2.75, 3.05) is 19.6 Å². The van der Waals surface area contributed by atoms with Crippen LogP contribution in [0.25, 0.3) is 0 Å². The maximum atomic E-state index is 2.72. The fourth-order valence-corrected chi connectivity index (χ4v) is 8.25. The molecule has 1 aliphatic rings. The predicted molar refractivity (Wildman–Crippen MR) is 85.9 cm³/mol. The minimum atomic E-state index is -1.10. The van der Waals surface area contributed by atoms with E-state index in [1.165, 1.54) is 69.9 Å². The average Bonchev–Trinajstić information content (AvgIpc) is 2.39. The molecule has 0 aromatic rings. The quantitative estimate of drug-likeness (QED) is 0.568. The molecule has 0 atom stereocenters. The van der Waals surface area contributed by atoms with Crippen molar-refractivity contribution in [3.05, 3.63) is 11.8 Å². The average molecular weight is 268 g/mol. The molecule has 1 heterocycles. The Morgan fingerprint density at radius 1 is 0.944 bits per heavy atom. The van der Waals surface area contributed by atoms with Crippen LogP contribution < -0.4 is 0 Å². The van der Waals surface area contributed by atoms with Gasteiger partial charge in [-0.15, -0.1) is 0 Å². The molecule has 0 N–H and O–H groups in total. The molecule has 106 valence electrons. The van der Waals surface area contributed by atoms with Gasteiger partial charge in [0, 0.05) is 0 Å². The van der Waals surface area contributed by atoms with Gasteiger partial charge < -0.3 is 4.90 Å². The lowest BCUT2D eigenvalue weighted by Crippen LogP contribution is -2.39. The molecule has 0 radical (unpaired) electrons. The Kier molecular flexibility index (Phi) is 7.92. The molecule has 0 saturated carbocycles. The summed E-state index contributed by atoms with van der Waals surface area (Å²) in [4.78, 5) is 2.72. The first-order valence-electron chi connectivity index (χ1n) is 8.12. The highest BCUT2D eigenvalue weighted by atomic mass is 28.3. The van der Waals surface area contributed by atoms with Gasteiger partial charge in [-0.25, -0.2) is 0 Å². The van der Waals surface area contributed by atoms with Crippen molar-refractivity contribution in [3.63, 3.8) is 0 Å². The Labute approximate surface area is 116 Å². The molecule has 1 aliphatic heterocycles. The van der Waals surface area contributed by atoms with Gasteiger partial charge in [-0.05, 0) is 45.4 Å². The first-order chi connectivity index (χ1) is 8.76. The van der Waals surface area contributed by atoms with E-state index in [1.807, 2.05) is 0 Å². The van der Waals surface area contributed by atoms with Crippen molar-refractivity contribution in [1.82, 2.24) is 4.90 Å². The summed E-state index contributed by atoms with van der Waals surface area (Å²) < 4.78 is 0. The Balaban J connectivity index is 2.52. The molecule has 2 heteroatoms. The topological polar surface area (TPSA) is 3.24 Å². The zero-order chi connectivity index (χ0) is 13.3. The summed E-state index contributed by atoms with van der Waals surface area (Å²) in [5.41, 5.74) is 2.64. The number of likely N-dealkylation sites (tertiary alicyclic amines) is 1. The van der Waals surface area contributed by atoms with Gasteiger partial charge in [-0.3, -0.25) is 0 Å². The molecule has 1 nitrogen and oxygen atoms in total. The highest BCUT2D eigenvalue weighted by Gasteiger charge is 2.28. The van der Waals surface area contributed by atoms with Crippen molar-refractivity contribution in [2.45, 2.75) is 71.0 Å². The van der Waals surface area contributed by atoms with E-state index in [4.69, 9.17) is 0 Å². The van der Waals surface area contributed by atoms with E-state index in [9.17, 15) is 0 Å². The van der Waals surface area contributed by atoms with Crippen LogP contribution in [0.1, 0.15) is 52.9 Å². The normalized spacial score (nSPS) is 18.6. The van der Waals surface area contributed by atoms with E-state index in [1.54, 1.807) is 0 Å². The van der Waals surface area contributed by atoms with Crippen LogP contribution in [0.3, 0.4) is 0 Å². The van der Waals surface area contributed by atoms with E-state index >= 15 is 0 Å². The molecule has 0 bridgehead atoms. The molecule has 0 aromatic heterocycles. The summed E-state index contributed by atoms with van der Waals surface area (Å²) in [5, 5.41) is 0. The highest BCUT2D eigenvalue weighted by molar-refractivity contribution is 6.84. The third-order valence-electron chi connectivity index (χ3n) is 4.39. The van der Waals surface area contributed by atoms with Crippen molar-refractivity contribution < 1.29 is 0 Å². The largest absolute Gasteiger partial charge is 0.304 e. The second kappa shape index (κ2) is 8.92. The number of rotatable bonds is 8. The van der Waals surface area contributed by atoms with Gasteiger partial charge in [0.2, 0.25) is 0 Å². The van der Waals surface area contributed by atoms with Gasteiger partial charge >= 0.3 is 0 Å². The van der Waals surface area contributed by atoms with Crippen LogP contribution in [-0.4, -0.2) is 32.6 Å². The van der Waals surface area contributed by atoms with Crippen LogP contribution in [0, 0.1) is 0 Å². The van der Waals surface area contributed by atoms with Crippen molar-refractivity contribution in [1.29, 1.82) is 0 Å². The van der Waals surface area contributed by atoms with Crippen LogP contribution in [0.5, 0.6) is 0 Å². The molecule has 0 aromatic carbocycles. The second-order valence-electron chi connectivity index (χ2n) is 6.01. The van der Waals surface area contributed by atoms with Crippen LogP contribution in [-0.2, 0) is 0 Å². The monoisotopic (exact) mass is 267 g/mol. The summed E-state index contributed by atoms with van der Waals surface area (Å²) in [7, 11) is -1.10. The lowest BCUT2D eigenvalue weighted by Gasteiger charge is -2.33. The van der Waals surface area contributed by atoms with E-state index in [0.29, 0.717) is 0 Å². The number of piperidine rings is 1. The number of hydrogen-bond acceptors (Lipinski definition) is 1. The standard InChI is InChI=1S/C16H33NSi/c1-4-13-18(14-5-2,15-6-3)16-12-17-10-8-7-9-11-17/h4,13H,5-12,14-16H2,1-3H3. The number of nitrogens with zero attached hydrogens (tertiary/aromatic N) is 1. The van der Waals surface area contributed by atoms with E-state index in [-0.39, 0.29) is 0 Å². The predicted octanol–water partition coefficient (Wildman–Crippen LogP) is 4.86. The fraction of sp³-hybridized carbons (Fsp3) is 0.875. The molecule has 0 spiro atoms. The zero-order valence-electron chi connectivity index (χ0n) is 12.9. The number of hydrogen-bond donors (Lipinski definition) is 0. The summed E-state index contributed by atoms with van der Waals surface area (Å²) in [6.45, 7) is 11.0. The van der Waals surface area contributed by atoms with Gasteiger partial charge in [0.05, 0.1) is 8.07 Å². The molecular weight excluding hydrogens is 234 g/mol. The second-order valence-corrected chi connectivity index (χ2v) is 10.6. The summed E-state index contributed by atoms with van der Waals surface area (Å²) in [6.07, 6.45) is 9.40. The minimum Gasteiger partial charge on any atom is -0.304 e. The highest BCUT2D eigenvalue weighted by Crippen LogP contribution is 2.27. The SMILES string of the molecule is CC=C[Si](CCC)(CCC)CCN1CCCCC1. The molecule has 0 aliphatic carbocycles. The Hall–Kier alpha value is -0.0831. The third kappa shape index (κ3) is 5.27. The van der Waals surface area contributed by atoms with Crippen LogP contribution in [0.4, 0.5) is 0 Å². The Bertz CT molecular complexity index is 225. The first-order valence-corrected chi connectivity index (χ1v) is 10.8. The van der Waals surface area contributed by atoms with E-state index in [0.717, 1.165) is 0 Å². The lowest BCUT2D eigenvalue weighted by atomic mass is 10.1. The molecule has 0 unspecified atom stereocenters. The van der Waals surface area contributed by atoms with Gasteiger partial charge in [0.1, 0.15) is 0 Å². The van der Waals surface area contributed by atoms with Crippen LogP contribution in [0.2, 0.25) is 18.1 Å². The summed E-state index contributed by atoms with van der Waals surface area (Å²) in [5.74, 6) is 0. The number of allylic oxidation sites excluding steroid dienone is 1.